The Morgan fingerprint density at radius 3 is 2.55 bits per heavy atom. The maximum atomic E-state index is 13.0. The Bertz CT molecular complexity index is 942. The van der Waals surface area contributed by atoms with Crippen LogP contribution >= 0.6 is 0 Å². The molecule has 1 fully saturated rings. The maximum absolute atomic E-state index is 13.0. The monoisotopic (exact) mass is 394 g/mol. The van der Waals surface area contributed by atoms with Gasteiger partial charge in [-0.2, -0.15) is 0 Å². The molecular formula is C23H30N4O2. The lowest BCUT2D eigenvalue weighted by Gasteiger charge is -2.33. The molecule has 0 radical (unpaired) electrons. The molecule has 0 bridgehead atoms. The van der Waals surface area contributed by atoms with E-state index in [1.54, 1.807) is 0 Å². The molecule has 6 nitrogen and oxygen atoms in total. The van der Waals surface area contributed by atoms with Crippen LogP contribution < -0.4 is 5.56 Å². The van der Waals surface area contributed by atoms with Crippen molar-refractivity contribution in [3.63, 3.8) is 0 Å². The van der Waals surface area contributed by atoms with Gasteiger partial charge >= 0.3 is 0 Å². The first-order chi connectivity index (χ1) is 13.9. The van der Waals surface area contributed by atoms with Gasteiger partial charge in [-0.3, -0.25) is 9.59 Å². The van der Waals surface area contributed by atoms with Crippen molar-refractivity contribution >= 4 is 5.91 Å². The van der Waals surface area contributed by atoms with Gasteiger partial charge in [0.2, 0.25) is 5.91 Å². The van der Waals surface area contributed by atoms with Gasteiger partial charge in [-0.25, -0.2) is 4.98 Å². The molecule has 1 amide bonds. The standard InChI is InChI=1S/C23H30N4O2/c1-15-4-6-17(7-5-15)16(2)23(29)27-12-8-18(9-13-27)21-24-20-14-26(3)11-10-19(20)22(28)25-21/h4-7,16,18H,8-14H2,1-3H3,(H,24,25,28). The SMILES string of the molecule is Cc1ccc(C(C)C(=O)N2CCC(c3nc4c(c(=O)[nH]3)CCN(C)C4)CC2)cc1. The third-order valence-electron chi connectivity index (χ3n) is 6.42. The number of aromatic nitrogens is 2. The number of aryl methyl sites for hydroxylation is 1. The number of rotatable bonds is 3. The Labute approximate surface area is 172 Å². The predicted molar refractivity (Wildman–Crippen MR) is 113 cm³/mol. The van der Waals surface area contributed by atoms with Crippen molar-refractivity contribution in [1.29, 1.82) is 0 Å². The molecule has 0 spiro atoms. The topological polar surface area (TPSA) is 69.3 Å². The average molecular weight is 395 g/mol. The second-order valence-electron chi connectivity index (χ2n) is 8.60. The van der Waals surface area contributed by atoms with Crippen LogP contribution in [0, 0.1) is 6.92 Å². The molecule has 0 aliphatic carbocycles. The second-order valence-corrected chi connectivity index (χ2v) is 8.60. The van der Waals surface area contributed by atoms with E-state index < -0.39 is 0 Å². The quantitative estimate of drug-likeness (QED) is 0.869. The van der Waals surface area contributed by atoms with E-state index in [4.69, 9.17) is 4.98 Å². The average Bonchev–Trinajstić information content (AvgIpc) is 2.73. The number of hydrogen-bond acceptors (Lipinski definition) is 4. The number of likely N-dealkylation sites (N-methyl/N-ethyl adjacent to an activating group) is 1. The fourth-order valence-corrected chi connectivity index (χ4v) is 4.43. The number of amides is 1. The number of fused-ring (bicyclic) bond motifs is 1. The second kappa shape index (κ2) is 8.11. The van der Waals surface area contributed by atoms with Gasteiger partial charge in [0.05, 0.1) is 11.6 Å². The molecule has 2 aromatic rings. The summed E-state index contributed by atoms with van der Waals surface area (Å²) in [5, 5.41) is 0. The van der Waals surface area contributed by atoms with Crippen molar-refractivity contribution in [1.82, 2.24) is 19.8 Å². The van der Waals surface area contributed by atoms with Crippen LogP contribution in [0.3, 0.4) is 0 Å². The minimum Gasteiger partial charge on any atom is -0.342 e. The molecule has 4 rings (SSSR count). The lowest BCUT2D eigenvalue weighted by atomic mass is 9.93. The van der Waals surface area contributed by atoms with E-state index in [0.29, 0.717) is 13.1 Å². The molecule has 2 aliphatic heterocycles. The third-order valence-corrected chi connectivity index (χ3v) is 6.42. The van der Waals surface area contributed by atoms with Gasteiger partial charge in [-0.05, 0) is 45.7 Å². The van der Waals surface area contributed by atoms with Crippen molar-refractivity contribution in [2.24, 2.45) is 0 Å². The highest BCUT2D eigenvalue weighted by molar-refractivity contribution is 5.83. The number of benzene rings is 1. The Balaban J connectivity index is 1.42. The molecule has 6 heteroatoms. The number of nitrogens with zero attached hydrogens (tertiary/aromatic N) is 3. The third kappa shape index (κ3) is 4.13. The largest absolute Gasteiger partial charge is 0.342 e. The zero-order valence-electron chi connectivity index (χ0n) is 17.6. The highest BCUT2D eigenvalue weighted by Gasteiger charge is 2.29. The molecule has 1 aromatic heterocycles. The summed E-state index contributed by atoms with van der Waals surface area (Å²) in [5.74, 6) is 1.05. The van der Waals surface area contributed by atoms with Gasteiger partial charge in [-0.1, -0.05) is 29.8 Å². The van der Waals surface area contributed by atoms with E-state index in [0.717, 1.165) is 55.0 Å². The minimum atomic E-state index is -0.135. The van der Waals surface area contributed by atoms with Crippen LogP contribution in [0.1, 0.15) is 59.8 Å². The minimum absolute atomic E-state index is 0.0181. The van der Waals surface area contributed by atoms with E-state index in [-0.39, 0.29) is 23.3 Å². The summed E-state index contributed by atoms with van der Waals surface area (Å²) in [7, 11) is 2.06. The summed E-state index contributed by atoms with van der Waals surface area (Å²) in [4.78, 5) is 37.5. The highest BCUT2D eigenvalue weighted by Crippen LogP contribution is 2.28. The number of carbonyl (C=O) groups excluding carboxylic acids is 1. The van der Waals surface area contributed by atoms with Crippen LogP contribution in [0.25, 0.3) is 0 Å². The zero-order valence-corrected chi connectivity index (χ0v) is 17.6. The number of likely N-dealkylation sites (tertiary alicyclic amines) is 1. The molecule has 154 valence electrons. The lowest BCUT2D eigenvalue weighted by molar-refractivity contribution is -0.133. The molecular weight excluding hydrogens is 364 g/mol. The van der Waals surface area contributed by atoms with Crippen LogP contribution in [0.4, 0.5) is 0 Å². The van der Waals surface area contributed by atoms with Crippen molar-refractivity contribution in [3.8, 4) is 0 Å². The fourth-order valence-electron chi connectivity index (χ4n) is 4.43. The molecule has 1 atom stereocenters. The van der Waals surface area contributed by atoms with E-state index in [9.17, 15) is 9.59 Å². The van der Waals surface area contributed by atoms with Crippen molar-refractivity contribution in [3.05, 3.63) is 62.8 Å². The molecule has 29 heavy (non-hydrogen) atoms. The summed E-state index contributed by atoms with van der Waals surface area (Å²) in [6.07, 6.45) is 2.44. The van der Waals surface area contributed by atoms with Crippen LogP contribution in [-0.4, -0.2) is 52.4 Å². The Kier molecular flexibility index (Phi) is 5.54. The predicted octanol–water partition coefficient (Wildman–Crippen LogP) is 2.58. The number of hydrogen-bond donors (Lipinski definition) is 1. The Hall–Kier alpha value is -2.47. The Morgan fingerprint density at radius 1 is 1.17 bits per heavy atom. The molecule has 1 saturated heterocycles. The van der Waals surface area contributed by atoms with E-state index in [2.05, 4.69) is 36.0 Å². The lowest BCUT2D eigenvalue weighted by Crippen LogP contribution is -2.41. The first kappa shape index (κ1) is 19.8. The van der Waals surface area contributed by atoms with Crippen LogP contribution in [-0.2, 0) is 17.8 Å². The van der Waals surface area contributed by atoms with Crippen molar-refractivity contribution in [2.45, 2.75) is 51.5 Å². The summed E-state index contributed by atoms with van der Waals surface area (Å²) >= 11 is 0. The van der Waals surface area contributed by atoms with Gasteiger partial charge in [0.25, 0.3) is 5.56 Å². The van der Waals surface area contributed by atoms with Gasteiger partial charge in [0, 0.05) is 37.7 Å². The van der Waals surface area contributed by atoms with Crippen LogP contribution in [0.5, 0.6) is 0 Å². The number of H-pyrrole nitrogens is 1. The van der Waals surface area contributed by atoms with Crippen LogP contribution in [0.2, 0.25) is 0 Å². The summed E-state index contributed by atoms with van der Waals surface area (Å²) in [6, 6.07) is 8.20. The van der Waals surface area contributed by atoms with E-state index in [1.165, 1.54) is 5.56 Å². The maximum Gasteiger partial charge on any atom is 0.254 e. The van der Waals surface area contributed by atoms with Crippen molar-refractivity contribution in [2.75, 3.05) is 26.7 Å². The Morgan fingerprint density at radius 2 is 1.86 bits per heavy atom. The molecule has 0 saturated carbocycles. The van der Waals surface area contributed by atoms with Gasteiger partial charge in [-0.15, -0.1) is 0 Å². The van der Waals surface area contributed by atoms with Crippen LogP contribution in [0.15, 0.2) is 29.1 Å². The molecule has 1 N–H and O–H groups in total. The smallest absolute Gasteiger partial charge is 0.254 e. The highest BCUT2D eigenvalue weighted by atomic mass is 16.2. The molecule has 3 heterocycles. The normalized spacial score (nSPS) is 19.1. The zero-order chi connectivity index (χ0) is 20.5. The van der Waals surface area contributed by atoms with E-state index in [1.807, 2.05) is 24.0 Å². The first-order valence-electron chi connectivity index (χ1n) is 10.6. The first-order valence-corrected chi connectivity index (χ1v) is 10.6. The summed E-state index contributed by atoms with van der Waals surface area (Å²) in [6.45, 7) is 7.09. The fraction of sp³-hybridized carbons (Fsp3) is 0.522. The molecule has 1 unspecified atom stereocenters. The van der Waals surface area contributed by atoms with Gasteiger partial charge < -0.3 is 14.8 Å². The number of carbonyl (C=O) groups is 1. The van der Waals surface area contributed by atoms with Crippen molar-refractivity contribution < 1.29 is 4.79 Å². The van der Waals surface area contributed by atoms with Gasteiger partial charge in [0.1, 0.15) is 5.82 Å². The summed E-state index contributed by atoms with van der Waals surface area (Å²) < 4.78 is 0. The molecule has 1 aromatic carbocycles. The van der Waals surface area contributed by atoms with E-state index >= 15 is 0 Å². The van der Waals surface area contributed by atoms with Gasteiger partial charge in [0.15, 0.2) is 0 Å². The summed E-state index contributed by atoms with van der Waals surface area (Å²) in [5.41, 5.74) is 4.04. The number of aromatic amines is 1. The number of nitrogens with one attached hydrogen (secondary N) is 1. The number of piperidine rings is 1. The molecule has 2 aliphatic rings.